The van der Waals surface area contributed by atoms with E-state index in [1.165, 1.54) is 0 Å². The third-order valence-electron chi connectivity index (χ3n) is 1.97. The van der Waals surface area contributed by atoms with Crippen molar-refractivity contribution in [3.8, 4) is 0 Å². The Morgan fingerprint density at radius 2 is 1.86 bits per heavy atom. The van der Waals surface area contributed by atoms with Crippen molar-refractivity contribution in [2.24, 2.45) is 11.7 Å². The first kappa shape index (κ1) is 13.9. The second-order valence-electron chi connectivity index (χ2n) is 5.07. The maximum Gasteiger partial charge on any atom is 0.0598 e. The number of rotatable bonds is 6. The summed E-state index contributed by atoms with van der Waals surface area (Å²) in [5.41, 5.74) is 5.47. The van der Waals surface area contributed by atoms with E-state index in [0.29, 0.717) is 18.5 Å². The maximum atomic E-state index is 5.69. The Hall–Kier alpha value is -0.120. The van der Waals surface area contributed by atoms with Crippen LogP contribution in [0.5, 0.6) is 0 Å². The summed E-state index contributed by atoms with van der Waals surface area (Å²) < 4.78 is 5.69. The molecule has 14 heavy (non-hydrogen) atoms. The summed E-state index contributed by atoms with van der Waals surface area (Å²) >= 11 is 0. The standard InChI is InChI=1S/C11H26N2O/c1-9(7-13-10(2)6-12)8-14-11(3,4)5/h9-10,13H,6-8,12H2,1-5H3/t9?,10-/m0/s1. The molecule has 86 valence electrons. The highest BCUT2D eigenvalue weighted by molar-refractivity contribution is 4.65. The van der Waals surface area contributed by atoms with E-state index < -0.39 is 0 Å². The third-order valence-corrected chi connectivity index (χ3v) is 1.97. The zero-order valence-corrected chi connectivity index (χ0v) is 10.3. The van der Waals surface area contributed by atoms with Crippen LogP contribution < -0.4 is 11.1 Å². The first-order chi connectivity index (χ1) is 6.35. The van der Waals surface area contributed by atoms with Gasteiger partial charge in [0.2, 0.25) is 0 Å². The molecular formula is C11H26N2O. The van der Waals surface area contributed by atoms with E-state index in [-0.39, 0.29) is 5.60 Å². The van der Waals surface area contributed by atoms with Crippen molar-refractivity contribution in [3.63, 3.8) is 0 Å². The van der Waals surface area contributed by atoms with Crippen LogP contribution in [-0.2, 0) is 4.74 Å². The average Bonchev–Trinajstić information content (AvgIpc) is 2.09. The van der Waals surface area contributed by atoms with Gasteiger partial charge in [0.05, 0.1) is 12.2 Å². The Bertz CT molecular complexity index is 143. The van der Waals surface area contributed by atoms with E-state index in [2.05, 4.69) is 39.9 Å². The van der Waals surface area contributed by atoms with E-state index in [1.54, 1.807) is 0 Å². The number of ether oxygens (including phenoxy) is 1. The van der Waals surface area contributed by atoms with Gasteiger partial charge in [-0.25, -0.2) is 0 Å². The summed E-state index contributed by atoms with van der Waals surface area (Å²) in [6.45, 7) is 13.0. The molecule has 0 aromatic rings. The van der Waals surface area contributed by atoms with Crippen molar-refractivity contribution in [1.29, 1.82) is 0 Å². The molecule has 0 aliphatic rings. The zero-order valence-electron chi connectivity index (χ0n) is 10.3. The lowest BCUT2D eigenvalue weighted by Gasteiger charge is -2.23. The monoisotopic (exact) mass is 202 g/mol. The van der Waals surface area contributed by atoms with Gasteiger partial charge in [-0.2, -0.15) is 0 Å². The Morgan fingerprint density at radius 1 is 1.29 bits per heavy atom. The van der Waals surface area contributed by atoms with Gasteiger partial charge in [-0.05, 0) is 33.6 Å². The van der Waals surface area contributed by atoms with E-state index in [1.807, 2.05) is 0 Å². The highest BCUT2D eigenvalue weighted by Gasteiger charge is 2.12. The Kier molecular flexibility index (Phi) is 6.33. The quantitative estimate of drug-likeness (QED) is 0.684. The first-order valence-corrected chi connectivity index (χ1v) is 5.42. The van der Waals surface area contributed by atoms with Crippen molar-refractivity contribution in [1.82, 2.24) is 5.32 Å². The highest BCUT2D eigenvalue weighted by Crippen LogP contribution is 2.08. The molecule has 3 heteroatoms. The van der Waals surface area contributed by atoms with Crippen LogP contribution in [0, 0.1) is 5.92 Å². The summed E-state index contributed by atoms with van der Waals surface area (Å²) in [5, 5.41) is 3.36. The molecular weight excluding hydrogens is 176 g/mol. The molecule has 0 heterocycles. The van der Waals surface area contributed by atoms with Gasteiger partial charge in [-0.15, -0.1) is 0 Å². The second-order valence-corrected chi connectivity index (χ2v) is 5.07. The van der Waals surface area contributed by atoms with Crippen LogP contribution >= 0.6 is 0 Å². The molecule has 0 aromatic carbocycles. The fourth-order valence-corrected chi connectivity index (χ4v) is 0.937. The van der Waals surface area contributed by atoms with Crippen molar-refractivity contribution in [3.05, 3.63) is 0 Å². The van der Waals surface area contributed by atoms with E-state index in [0.717, 1.165) is 13.2 Å². The van der Waals surface area contributed by atoms with Crippen LogP contribution in [0.1, 0.15) is 34.6 Å². The lowest BCUT2D eigenvalue weighted by molar-refractivity contribution is -0.0194. The van der Waals surface area contributed by atoms with Gasteiger partial charge in [-0.3, -0.25) is 0 Å². The molecule has 0 amide bonds. The number of nitrogens with two attached hydrogens (primary N) is 1. The van der Waals surface area contributed by atoms with Crippen LogP contribution in [0.25, 0.3) is 0 Å². The number of nitrogens with one attached hydrogen (secondary N) is 1. The van der Waals surface area contributed by atoms with Gasteiger partial charge in [0.25, 0.3) is 0 Å². The van der Waals surface area contributed by atoms with E-state index in [9.17, 15) is 0 Å². The van der Waals surface area contributed by atoms with Crippen molar-refractivity contribution < 1.29 is 4.74 Å². The van der Waals surface area contributed by atoms with Gasteiger partial charge in [-0.1, -0.05) is 6.92 Å². The minimum absolute atomic E-state index is 0.0340. The van der Waals surface area contributed by atoms with Crippen molar-refractivity contribution in [2.75, 3.05) is 19.7 Å². The fourth-order valence-electron chi connectivity index (χ4n) is 0.937. The van der Waals surface area contributed by atoms with Gasteiger partial charge in [0, 0.05) is 19.1 Å². The molecule has 0 fully saturated rings. The molecule has 0 saturated heterocycles. The molecule has 3 N–H and O–H groups in total. The Labute approximate surface area is 88.4 Å². The molecule has 0 aliphatic heterocycles. The smallest absolute Gasteiger partial charge is 0.0598 e. The van der Waals surface area contributed by atoms with Gasteiger partial charge in [0.15, 0.2) is 0 Å². The molecule has 0 saturated carbocycles. The predicted octanol–water partition coefficient (Wildman–Crippen LogP) is 1.37. The predicted molar refractivity (Wildman–Crippen MR) is 61.4 cm³/mol. The highest BCUT2D eigenvalue weighted by atomic mass is 16.5. The Balaban J connectivity index is 3.51. The lowest BCUT2D eigenvalue weighted by atomic mass is 10.1. The van der Waals surface area contributed by atoms with E-state index in [4.69, 9.17) is 10.5 Å². The average molecular weight is 202 g/mol. The second kappa shape index (κ2) is 6.38. The van der Waals surface area contributed by atoms with Crippen molar-refractivity contribution in [2.45, 2.75) is 46.3 Å². The van der Waals surface area contributed by atoms with Gasteiger partial charge in [0.1, 0.15) is 0 Å². The van der Waals surface area contributed by atoms with Crippen LogP contribution in [-0.4, -0.2) is 31.3 Å². The van der Waals surface area contributed by atoms with Crippen LogP contribution in [0.3, 0.4) is 0 Å². The summed E-state index contributed by atoms with van der Waals surface area (Å²) in [6, 6.07) is 0.395. The molecule has 0 aromatic heterocycles. The van der Waals surface area contributed by atoms with Crippen LogP contribution in [0.15, 0.2) is 0 Å². The molecule has 1 unspecified atom stereocenters. The lowest BCUT2D eigenvalue weighted by Crippen LogP contribution is -2.37. The minimum Gasteiger partial charge on any atom is -0.376 e. The topological polar surface area (TPSA) is 47.3 Å². The normalized spacial score (nSPS) is 16.7. The van der Waals surface area contributed by atoms with Gasteiger partial charge >= 0.3 is 0 Å². The zero-order chi connectivity index (χ0) is 11.2. The van der Waals surface area contributed by atoms with Gasteiger partial charge < -0.3 is 15.8 Å². The number of hydrogen-bond donors (Lipinski definition) is 2. The minimum atomic E-state index is -0.0340. The fraction of sp³-hybridized carbons (Fsp3) is 1.00. The first-order valence-electron chi connectivity index (χ1n) is 5.42. The molecule has 2 atom stereocenters. The molecule has 0 radical (unpaired) electrons. The molecule has 0 spiro atoms. The third kappa shape index (κ3) is 8.48. The summed E-state index contributed by atoms with van der Waals surface area (Å²) in [6.07, 6.45) is 0. The van der Waals surface area contributed by atoms with Crippen molar-refractivity contribution >= 4 is 0 Å². The Morgan fingerprint density at radius 3 is 2.29 bits per heavy atom. The number of hydrogen-bond acceptors (Lipinski definition) is 3. The summed E-state index contributed by atoms with van der Waals surface area (Å²) in [5.74, 6) is 0.531. The molecule has 0 rings (SSSR count). The van der Waals surface area contributed by atoms with E-state index >= 15 is 0 Å². The van der Waals surface area contributed by atoms with Crippen LogP contribution in [0.4, 0.5) is 0 Å². The summed E-state index contributed by atoms with van der Waals surface area (Å²) in [4.78, 5) is 0. The van der Waals surface area contributed by atoms with Crippen LogP contribution in [0.2, 0.25) is 0 Å². The molecule has 0 bridgehead atoms. The largest absolute Gasteiger partial charge is 0.376 e. The molecule has 3 nitrogen and oxygen atoms in total. The summed E-state index contributed by atoms with van der Waals surface area (Å²) in [7, 11) is 0. The molecule has 0 aliphatic carbocycles. The SMILES string of the molecule is CC(CN[C@@H](C)CN)COC(C)(C)C. The maximum absolute atomic E-state index is 5.69.